The van der Waals surface area contributed by atoms with E-state index in [9.17, 15) is 0 Å². The molecule has 0 radical (unpaired) electrons. The number of benzene rings is 2. The summed E-state index contributed by atoms with van der Waals surface area (Å²) in [6, 6.07) is 16.4. The summed E-state index contributed by atoms with van der Waals surface area (Å²) in [6.07, 6.45) is 2.22. The van der Waals surface area contributed by atoms with E-state index in [4.69, 9.17) is 35.4 Å². The number of thiocarbonyl (C=S) groups is 1. The van der Waals surface area contributed by atoms with E-state index in [1.807, 2.05) is 6.07 Å². The first-order chi connectivity index (χ1) is 12.1. The zero-order chi connectivity index (χ0) is 17.6. The van der Waals surface area contributed by atoms with Gasteiger partial charge < -0.3 is 15.5 Å². The van der Waals surface area contributed by atoms with Crippen molar-refractivity contribution in [2.75, 3.05) is 18.4 Å². The quantitative estimate of drug-likeness (QED) is 0.692. The molecule has 2 aromatic carbocycles. The van der Waals surface area contributed by atoms with Gasteiger partial charge in [0.1, 0.15) is 6.54 Å². The third-order valence-corrected chi connectivity index (χ3v) is 5.27. The van der Waals surface area contributed by atoms with Gasteiger partial charge in [0.2, 0.25) is 0 Å². The lowest BCUT2D eigenvalue weighted by molar-refractivity contribution is -0.918. The Balaban J connectivity index is 1.44. The summed E-state index contributed by atoms with van der Waals surface area (Å²) < 4.78 is 0. The van der Waals surface area contributed by atoms with Crippen molar-refractivity contribution in [3.63, 3.8) is 0 Å². The lowest BCUT2D eigenvalue weighted by Crippen LogP contribution is -3.12. The standard InChI is InChI=1S/C19H21Cl2N3S/c20-15-6-7-18(17(21)12-15)23-19(25)22-16-8-10-24(11-9-16)13-14-4-2-1-3-5-14/h1-7,12,16H,8-11,13H2,(H2,22,23,25)/p+1. The highest BCUT2D eigenvalue weighted by Crippen LogP contribution is 2.25. The summed E-state index contributed by atoms with van der Waals surface area (Å²) in [5.41, 5.74) is 2.18. The van der Waals surface area contributed by atoms with Crippen LogP contribution in [0.2, 0.25) is 10.0 Å². The first-order valence-electron chi connectivity index (χ1n) is 8.50. The van der Waals surface area contributed by atoms with E-state index in [1.54, 1.807) is 17.0 Å². The molecule has 0 amide bonds. The van der Waals surface area contributed by atoms with Crippen molar-refractivity contribution >= 4 is 46.2 Å². The number of hydrogen-bond donors (Lipinski definition) is 3. The van der Waals surface area contributed by atoms with Gasteiger partial charge in [-0.2, -0.15) is 0 Å². The second-order valence-corrected chi connectivity index (χ2v) is 7.66. The average Bonchev–Trinajstić information content (AvgIpc) is 2.60. The molecule has 0 aliphatic carbocycles. The van der Waals surface area contributed by atoms with Gasteiger partial charge in [-0.05, 0) is 30.4 Å². The van der Waals surface area contributed by atoms with E-state index in [-0.39, 0.29) is 0 Å². The Labute approximate surface area is 164 Å². The van der Waals surface area contributed by atoms with Crippen LogP contribution >= 0.6 is 35.4 Å². The fourth-order valence-electron chi connectivity index (χ4n) is 3.17. The van der Waals surface area contributed by atoms with Crippen molar-refractivity contribution in [2.24, 2.45) is 0 Å². The number of rotatable bonds is 4. The van der Waals surface area contributed by atoms with Crippen LogP contribution in [-0.2, 0) is 6.54 Å². The van der Waals surface area contributed by atoms with E-state index >= 15 is 0 Å². The first kappa shape index (κ1) is 18.5. The molecule has 0 saturated carbocycles. The molecule has 3 nitrogen and oxygen atoms in total. The number of nitrogens with one attached hydrogen (secondary N) is 3. The molecular weight excluding hydrogens is 373 g/mol. The van der Waals surface area contributed by atoms with Crippen LogP contribution in [0.4, 0.5) is 5.69 Å². The van der Waals surface area contributed by atoms with E-state index in [0.717, 1.165) is 38.2 Å². The molecular formula is C19H22Cl2N3S+. The summed E-state index contributed by atoms with van der Waals surface area (Å²) in [5.74, 6) is 0. The Morgan fingerprint density at radius 1 is 1.08 bits per heavy atom. The van der Waals surface area contributed by atoms with Crippen molar-refractivity contribution in [1.82, 2.24) is 5.32 Å². The Morgan fingerprint density at radius 3 is 2.48 bits per heavy atom. The smallest absolute Gasteiger partial charge is 0.171 e. The number of anilines is 1. The van der Waals surface area contributed by atoms with Crippen molar-refractivity contribution in [2.45, 2.75) is 25.4 Å². The summed E-state index contributed by atoms with van der Waals surface area (Å²) in [5, 5.41) is 8.36. The lowest BCUT2D eigenvalue weighted by atomic mass is 10.0. The van der Waals surface area contributed by atoms with Gasteiger partial charge in [0, 0.05) is 29.5 Å². The second-order valence-electron chi connectivity index (χ2n) is 6.41. The fraction of sp³-hybridized carbons (Fsp3) is 0.316. The number of quaternary nitrogens is 1. The highest BCUT2D eigenvalue weighted by Gasteiger charge is 2.22. The molecule has 1 aliphatic rings. The number of piperidine rings is 1. The zero-order valence-electron chi connectivity index (χ0n) is 13.9. The molecule has 25 heavy (non-hydrogen) atoms. The van der Waals surface area contributed by atoms with Crippen LogP contribution < -0.4 is 15.5 Å². The molecule has 3 N–H and O–H groups in total. The summed E-state index contributed by atoms with van der Waals surface area (Å²) in [4.78, 5) is 1.63. The van der Waals surface area contributed by atoms with Crippen LogP contribution in [0.25, 0.3) is 0 Å². The Bertz CT molecular complexity index is 716. The maximum atomic E-state index is 6.17. The molecule has 132 valence electrons. The molecule has 0 spiro atoms. The molecule has 0 atom stereocenters. The Morgan fingerprint density at radius 2 is 1.80 bits per heavy atom. The zero-order valence-corrected chi connectivity index (χ0v) is 16.2. The normalized spacial score (nSPS) is 20.1. The Hall–Kier alpha value is -1.33. The topological polar surface area (TPSA) is 28.5 Å². The van der Waals surface area contributed by atoms with Crippen molar-refractivity contribution in [3.8, 4) is 0 Å². The molecule has 6 heteroatoms. The van der Waals surface area contributed by atoms with E-state index in [0.29, 0.717) is 21.2 Å². The highest BCUT2D eigenvalue weighted by molar-refractivity contribution is 7.80. The van der Waals surface area contributed by atoms with Crippen LogP contribution in [0.15, 0.2) is 48.5 Å². The minimum absolute atomic E-state index is 0.408. The molecule has 1 saturated heterocycles. The summed E-state index contributed by atoms with van der Waals surface area (Å²) in [6.45, 7) is 3.39. The third-order valence-electron chi connectivity index (χ3n) is 4.50. The van der Waals surface area contributed by atoms with Crippen molar-refractivity contribution < 1.29 is 4.90 Å². The van der Waals surface area contributed by atoms with Gasteiger partial charge in [0.05, 0.1) is 23.8 Å². The highest BCUT2D eigenvalue weighted by atomic mass is 35.5. The van der Waals surface area contributed by atoms with Gasteiger partial charge in [-0.3, -0.25) is 0 Å². The minimum atomic E-state index is 0.408. The molecule has 1 heterocycles. The lowest BCUT2D eigenvalue weighted by Gasteiger charge is -2.30. The van der Waals surface area contributed by atoms with Crippen LogP contribution in [0, 0.1) is 0 Å². The van der Waals surface area contributed by atoms with Gasteiger partial charge in [0.25, 0.3) is 0 Å². The molecule has 1 aliphatic heterocycles. The largest absolute Gasteiger partial charge is 0.359 e. The van der Waals surface area contributed by atoms with Crippen LogP contribution in [0.5, 0.6) is 0 Å². The summed E-state index contributed by atoms with van der Waals surface area (Å²) >= 11 is 17.5. The van der Waals surface area contributed by atoms with Gasteiger partial charge in [-0.1, -0.05) is 53.5 Å². The second kappa shape index (κ2) is 8.86. The predicted octanol–water partition coefficient (Wildman–Crippen LogP) is 3.53. The molecule has 3 rings (SSSR count). The molecule has 0 aromatic heterocycles. The van der Waals surface area contributed by atoms with Crippen LogP contribution in [0.3, 0.4) is 0 Å². The van der Waals surface area contributed by atoms with Gasteiger partial charge >= 0.3 is 0 Å². The third kappa shape index (κ3) is 5.58. The molecule has 0 bridgehead atoms. The fourth-order valence-corrected chi connectivity index (χ4v) is 3.90. The van der Waals surface area contributed by atoms with Gasteiger partial charge in [0.15, 0.2) is 5.11 Å². The average molecular weight is 395 g/mol. The first-order valence-corrected chi connectivity index (χ1v) is 9.66. The number of hydrogen-bond acceptors (Lipinski definition) is 1. The number of likely N-dealkylation sites (tertiary alicyclic amines) is 1. The van der Waals surface area contributed by atoms with Crippen molar-refractivity contribution in [3.05, 3.63) is 64.1 Å². The van der Waals surface area contributed by atoms with E-state index < -0.39 is 0 Å². The predicted molar refractivity (Wildman–Crippen MR) is 110 cm³/mol. The van der Waals surface area contributed by atoms with Crippen LogP contribution in [0.1, 0.15) is 18.4 Å². The monoisotopic (exact) mass is 394 g/mol. The maximum absolute atomic E-state index is 6.17. The van der Waals surface area contributed by atoms with E-state index in [1.165, 1.54) is 5.56 Å². The SMILES string of the molecule is S=C(Nc1ccc(Cl)cc1Cl)NC1CC[NH+](Cc2ccccc2)CC1. The molecule has 2 aromatic rings. The number of halogens is 2. The minimum Gasteiger partial charge on any atom is -0.359 e. The summed E-state index contributed by atoms with van der Waals surface area (Å²) in [7, 11) is 0. The Kier molecular flexibility index (Phi) is 6.54. The van der Waals surface area contributed by atoms with Crippen molar-refractivity contribution in [1.29, 1.82) is 0 Å². The molecule has 0 unspecified atom stereocenters. The van der Waals surface area contributed by atoms with Crippen LogP contribution in [-0.4, -0.2) is 24.2 Å². The maximum Gasteiger partial charge on any atom is 0.171 e. The van der Waals surface area contributed by atoms with Gasteiger partial charge in [-0.15, -0.1) is 0 Å². The van der Waals surface area contributed by atoms with E-state index in [2.05, 4.69) is 41.0 Å². The molecule has 1 fully saturated rings. The van der Waals surface area contributed by atoms with Gasteiger partial charge in [-0.25, -0.2) is 0 Å².